The van der Waals surface area contributed by atoms with Gasteiger partial charge in [0.15, 0.2) is 0 Å². The SMILES string of the molecule is CCC(NC(C)c1ccco1)c1cc(Br)ccc1O. The van der Waals surface area contributed by atoms with Gasteiger partial charge in [-0.3, -0.25) is 0 Å². The normalized spacial score (nSPS) is 14.3. The van der Waals surface area contributed by atoms with E-state index >= 15 is 0 Å². The number of hydrogen-bond donors (Lipinski definition) is 2. The lowest BCUT2D eigenvalue weighted by Gasteiger charge is -2.22. The Morgan fingerprint density at radius 3 is 2.79 bits per heavy atom. The Bertz CT molecular complexity index is 525. The quantitative estimate of drug-likeness (QED) is 0.848. The van der Waals surface area contributed by atoms with Crippen molar-refractivity contribution in [2.75, 3.05) is 0 Å². The van der Waals surface area contributed by atoms with E-state index in [9.17, 15) is 5.11 Å². The number of phenols is 1. The second kappa shape index (κ2) is 6.26. The molecule has 0 spiro atoms. The van der Waals surface area contributed by atoms with Crippen LogP contribution in [-0.4, -0.2) is 5.11 Å². The predicted molar refractivity (Wildman–Crippen MR) is 79.1 cm³/mol. The monoisotopic (exact) mass is 323 g/mol. The maximum Gasteiger partial charge on any atom is 0.120 e. The second-order valence-corrected chi connectivity index (χ2v) is 5.48. The molecule has 1 heterocycles. The third-order valence-corrected chi connectivity index (χ3v) is 3.69. The van der Waals surface area contributed by atoms with Crippen molar-refractivity contribution >= 4 is 15.9 Å². The summed E-state index contributed by atoms with van der Waals surface area (Å²) in [5.41, 5.74) is 0.898. The number of phenolic OH excluding ortho intramolecular Hbond substituents is 1. The van der Waals surface area contributed by atoms with Crippen molar-refractivity contribution in [1.29, 1.82) is 0 Å². The highest BCUT2D eigenvalue weighted by Gasteiger charge is 2.18. The van der Waals surface area contributed by atoms with Crippen LogP contribution in [0.15, 0.2) is 45.5 Å². The summed E-state index contributed by atoms with van der Waals surface area (Å²) in [5, 5.41) is 13.5. The van der Waals surface area contributed by atoms with Gasteiger partial charge in [-0.25, -0.2) is 0 Å². The summed E-state index contributed by atoms with van der Waals surface area (Å²) in [6.45, 7) is 4.14. The molecule has 0 fully saturated rings. The van der Waals surface area contributed by atoms with Gasteiger partial charge in [0.1, 0.15) is 11.5 Å². The van der Waals surface area contributed by atoms with Crippen molar-refractivity contribution in [2.24, 2.45) is 0 Å². The maximum absolute atomic E-state index is 10.00. The summed E-state index contributed by atoms with van der Waals surface area (Å²) in [6.07, 6.45) is 2.56. The molecule has 0 aliphatic heterocycles. The molecule has 2 aromatic rings. The molecule has 0 bridgehead atoms. The molecule has 0 aliphatic rings. The van der Waals surface area contributed by atoms with Crippen LogP contribution in [0.5, 0.6) is 5.75 Å². The van der Waals surface area contributed by atoms with Gasteiger partial charge in [-0.15, -0.1) is 0 Å². The van der Waals surface area contributed by atoms with E-state index in [0.717, 1.165) is 22.2 Å². The van der Waals surface area contributed by atoms with E-state index in [1.165, 1.54) is 0 Å². The molecule has 0 saturated heterocycles. The lowest BCUT2D eigenvalue weighted by molar-refractivity contribution is 0.376. The van der Waals surface area contributed by atoms with Crippen LogP contribution in [0.25, 0.3) is 0 Å². The highest BCUT2D eigenvalue weighted by molar-refractivity contribution is 9.10. The fraction of sp³-hybridized carbons (Fsp3) is 0.333. The van der Waals surface area contributed by atoms with E-state index in [1.807, 2.05) is 24.3 Å². The first-order chi connectivity index (χ1) is 9.11. The first-order valence-electron chi connectivity index (χ1n) is 6.39. The first kappa shape index (κ1) is 14.2. The summed E-state index contributed by atoms with van der Waals surface area (Å²) in [6, 6.07) is 9.50. The molecule has 19 heavy (non-hydrogen) atoms. The van der Waals surface area contributed by atoms with Gasteiger partial charge in [-0.05, 0) is 43.7 Å². The molecule has 0 radical (unpaired) electrons. The van der Waals surface area contributed by atoms with E-state index in [2.05, 4.69) is 35.1 Å². The summed E-state index contributed by atoms with van der Waals surface area (Å²) < 4.78 is 6.36. The van der Waals surface area contributed by atoms with Crippen LogP contribution in [0.4, 0.5) is 0 Å². The zero-order valence-corrected chi connectivity index (χ0v) is 12.6. The second-order valence-electron chi connectivity index (χ2n) is 4.57. The van der Waals surface area contributed by atoms with Crippen molar-refractivity contribution in [3.8, 4) is 5.75 Å². The van der Waals surface area contributed by atoms with Crippen LogP contribution in [0, 0.1) is 0 Å². The molecule has 2 N–H and O–H groups in total. The Hall–Kier alpha value is -1.26. The number of aromatic hydroxyl groups is 1. The third-order valence-electron chi connectivity index (χ3n) is 3.19. The van der Waals surface area contributed by atoms with Crippen LogP contribution in [-0.2, 0) is 0 Å². The highest BCUT2D eigenvalue weighted by Crippen LogP contribution is 2.31. The van der Waals surface area contributed by atoms with Gasteiger partial charge in [0.25, 0.3) is 0 Å². The van der Waals surface area contributed by atoms with E-state index in [4.69, 9.17) is 4.42 Å². The summed E-state index contributed by atoms with van der Waals surface area (Å²) in [4.78, 5) is 0. The Balaban J connectivity index is 2.18. The summed E-state index contributed by atoms with van der Waals surface area (Å²) in [5.74, 6) is 1.21. The van der Waals surface area contributed by atoms with Crippen molar-refractivity contribution in [2.45, 2.75) is 32.4 Å². The molecule has 0 amide bonds. The van der Waals surface area contributed by atoms with Crippen molar-refractivity contribution in [3.63, 3.8) is 0 Å². The highest BCUT2D eigenvalue weighted by atomic mass is 79.9. The Morgan fingerprint density at radius 2 is 2.16 bits per heavy atom. The van der Waals surface area contributed by atoms with Gasteiger partial charge in [0.05, 0.1) is 12.3 Å². The third kappa shape index (κ3) is 3.39. The minimum absolute atomic E-state index is 0.0811. The summed E-state index contributed by atoms with van der Waals surface area (Å²) in [7, 11) is 0. The lowest BCUT2D eigenvalue weighted by atomic mass is 10.0. The van der Waals surface area contributed by atoms with Crippen LogP contribution in [0.3, 0.4) is 0 Å². The molecule has 2 rings (SSSR count). The molecule has 1 aromatic carbocycles. The molecule has 4 heteroatoms. The Labute approximate surface area is 121 Å². The molecule has 1 aromatic heterocycles. The number of furan rings is 1. The molecule has 3 nitrogen and oxygen atoms in total. The molecule has 0 aliphatic carbocycles. The number of hydrogen-bond acceptors (Lipinski definition) is 3. The number of nitrogens with one attached hydrogen (secondary N) is 1. The average Bonchev–Trinajstić information content (AvgIpc) is 2.93. The number of benzene rings is 1. The topological polar surface area (TPSA) is 45.4 Å². The van der Waals surface area contributed by atoms with Gasteiger partial charge in [0, 0.05) is 16.1 Å². The van der Waals surface area contributed by atoms with Gasteiger partial charge >= 0.3 is 0 Å². The van der Waals surface area contributed by atoms with Gasteiger partial charge in [0.2, 0.25) is 0 Å². The Kier molecular flexibility index (Phi) is 4.66. The molecule has 2 atom stereocenters. The fourth-order valence-electron chi connectivity index (χ4n) is 2.15. The van der Waals surface area contributed by atoms with Crippen LogP contribution < -0.4 is 5.32 Å². The van der Waals surface area contributed by atoms with Gasteiger partial charge in [-0.2, -0.15) is 0 Å². The molecular formula is C15H18BrNO2. The number of halogens is 1. The van der Waals surface area contributed by atoms with Crippen LogP contribution in [0.1, 0.15) is 43.7 Å². The minimum Gasteiger partial charge on any atom is -0.508 e. The van der Waals surface area contributed by atoms with E-state index in [1.54, 1.807) is 12.3 Å². The lowest BCUT2D eigenvalue weighted by Crippen LogP contribution is -2.24. The van der Waals surface area contributed by atoms with E-state index in [0.29, 0.717) is 5.75 Å². The molecule has 0 saturated carbocycles. The van der Waals surface area contributed by atoms with E-state index < -0.39 is 0 Å². The average molecular weight is 324 g/mol. The zero-order chi connectivity index (χ0) is 13.8. The zero-order valence-electron chi connectivity index (χ0n) is 11.1. The van der Waals surface area contributed by atoms with Crippen molar-refractivity contribution < 1.29 is 9.52 Å². The molecule has 2 unspecified atom stereocenters. The number of rotatable bonds is 5. The smallest absolute Gasteiger partial charge is 0.120 e. The van der Waals surface area contributed by atoms with Gasteiger partial charge < -0.3 is 14.8 Å². The molecular weight excluding hydrogens is 306 g/mol. The first-order valence-corrected chi connectivity index (χ1v) is 7.19. The summed E-state index contributed by atoms with van der Waals surface area (Å²) >= 11 is 3.44. The maximum atomic E-state index is 10.00. The van der Waals surface area contributed by atoms with E-state index in [-0.39, 0.29) is 12.1 Å². The minimum atomic E-state index is 0.0811. The van der Waals surface area contributed by atoms with Crippen molar-refractivity contribution in [1.82, 2.24) is 5.32 Å². The van der Waals surface area contributed by atoms with Crippen LogP contribution in [0.2, 0.25) is 0 Å². The molecule has 102 valence electrons. The van der Waals surface area contributed by atoms with Gasteiger partial charge in [-0.1, -0.05) is 22.9 Å². The largest absolute Gasteiger partial charge is 0.508 e. The van der Waals surface area contributed by atoms with Crippen LogP contribution >= 0.6 is 15.9 Å². The Morgan fingerprint density at radius 1 is 1.37 bits per heavy atom. The fourth-order valence-corrected chi connectivity index (χ4v) is 2.53. The van der Waals surface area contributed by atoms with Crippen molar-refractivity contribution in [3.05, 3.63) is 52.4 Å². The predicted octanol–water partition coefficient (Wildman–Crippen LogP) is 4.55. The standard InChI is InChI=1S/C15H18BrNO2/c1-3-13(12-9-11(16)6-7-14(12)18)17-10(2)15-5-4-8-19-15/h4-10,13,17-18H,3H2,1-2H3.